The van der Waals surface area contributed by atoms with Gasteiger partial charge in [0.1, 0.15) is 0 Å². The summed E-state index contributed by atoms with van der Waals surface area (Å²) in [5.41, 5.74) is 2.58. The van der Waals surface area contributed by atoms with E-state index in [0.717, 1.165) is 31.0 Å². The zero-order chi connectivity index (χ0) is 14.1. The number of rotatable bonds is 2. The molecule has 0 atom stereocenters. The van der Waals surface area contributed by atoms with E-state index in [9.17, 15) is 4.79 Å². The third-order valence-corrected chi connectivity index (χ3v) is 4.12. The molecule has 0 bridgehead atoms. The lowest BCUT2D eigenvalue weighted by atomic mass is 9.93. The van der Waals surface area contributed by atoms with E-state index >= 15 is 0 Å². The fourth-order valence-corrected chi connectivity index (χ4v) is 3.00. The number of hydrogen-bond donors (Lipinski definition) is 0. The summed E-state index contributed by atoms with van der Waals surface area (Å²) < 4.78 is 1.08. The summed E-state index contributed by atoms with van der Waals surface area (Å²) in [6, 6.07) is 19.9. The molecular weight excluding hydrogens is 359 g/mol. The van der Waals surface area contributed by atoms with Gasteiger partial charge >= 0.3 is 0 Å². The molecule has 0 fully saturated rings. The van der Waals surface area contributed by atoms with Crippen LogP contribution in [-0.4, -0.2) is 5.78 Å². The van der Waals surface area contributed by atoms with Crippen LogP contribution in [0.5, 0.6) is 0 Å². The lowest BCUT2D eigenvalue weighted by Crippen LogP contribution is -2.05. The molecule has 2 heteroatoms. The zero-order valence-corrected chi connectivity index (χ0v) is 13.2. The number of hydrogen-bond acceptors (Lipinski definition) is 1. The Labute approximate surface area is 131 Å². The standard InChI is InChI=1S/C18H13IO/c1-12-9-10-13-5-2-3-8-16(13)17(12)18(20)14-6-4-7-15(19)11-14/h2-11H,1H3. The van der Waals surface area contributed by atoms with Gasteiger partial charge in [-0.15, -0.1) is 0 Å². The molecule has 0 aliphatic rings. The molecule has 0 aliphatic heterocycles. The van der Waals surface area contributed by atoms with E-state index < -0.39 is 0 Å². The van der Waals surface area contributed by atoms with Crippen LogP contribution in [0.2, 0.25) is 0 Å². The molecule has 0 spiro atoms. The Morgan fingerprint density at radius 3 is 2.55 bits per heavy atom. The summed E-state index contributed by atoms with van der Waals surface area (Å²) in [6.45, 7) is 1.99. The molecule has 1 nitrogen and oxygen atoms in total. The Balaban J connectivity index is 2.24. The van der Waals surface area contributed by atoms with Crippen molar-refractivity contribution in [1.29, 1.82) is 0 Å². The van der Waals surface area contributed by atoms with Crippen molar-refractivity contribution in [2.75, 3.05) is 0 Å². The maximum Gasteiger partial charge on any atom is 0.193 e. The molecule has 0 amide bonds. The molecule has 0 unspecified atom stereocenters. The van der Waals surface area contributed by atoms with Crippen LogP contribution in [0.3, 0.4) is 0 Å². The SMILES string of the molecule is Cc1ccc2ccccc2c1C(=O)c1cccc(I)c1. The van der Waals surface area contributed by atoms with Crippen LogP contribution in [-0.2, 0) is 0 Å². The minimum Gasteiger partial charge on any atom is -0.289 e. The smallest absolute Gasteiger partial charge is 0.193 e. The van der Waals surface area contributed by atoms with Crippen LogP contribution >= 0.6 is 22.6 Å². The van der Waals surface area contributed by atoms with E-state index in [2.05, 4.69) is 28.7 Å². The number of benzene rings is 3. The molecule has 0 heterocycles. The number of aryl methyl sites for hydroxylation is 1. The maximum atomic E-state index is 12.8. The van der Waals surface area contributed by atoms with Crippen molar-refractivity contribution in [3.05, 3.63) is 80.9 Å². The summed E-state index contributed by atoms with van der Waals surface area (Å²) in [5, 5.41) is 2.13. The summed E-state index contributed by atoms with van der Waals surface area (Å²) in [4.78, 5) is 12.8. The Bertz CT molecular complexity index is 805. The van der Waals surface area contributed by atoms with Crippen LogP contribution in [0, 0.1) is 10.5 Å². The monoisotopic (exact) mass is 372 g/mol. The number of fused-ring (bicyclic) bond motifs is 1. The minimum atomic E-state index is 0.0952. The Kier molecular flexibility index (Phi) is 3.57. The van der Waals surface area contributed by atoms with Gasteiger partial charge in [0, 0.05) is 14.7 Å². The fourth-order valence-electron chi connectivity index (χ4n) is 2.46. The second-order valence-electron chi connectivity index (χ2n) is 4.82. The number of halogens is 1. The van der Waals surface area contributed by atoms with Gasteiger partial charge in [-0.25, -0.2) is 0 Å². The average molecular weight is 372 g/mol. The van der Waals surface area contributed by atoms with Crippen molar-refractivity contribution in [3.63, 3.8) is 0 Å². The van der Waals surface area contributed by atoms with Crippen LogP contribution in [0.4, 0.5) is 0 Å². The van der Waals surface area contributed by atoms with Crippen molar-refractivity contribution < 1.29 is 4.79 Å². The molecular formula is C18H13IO. The average Bonchev–Trinajstić information content (AvgIpc) is 2.46. The van der Waals surface area contributed by atoms with Gasteiger partial charge in [0.15, 0.2) is 5.78 Å². The molecule has 20 heavy (non-hydrogen) atoms. The Morgan fingerprint density at radius 2 is 1.75 bits per heavy atom. The first kappa shape index (κ1) is 13.3. The topological polar surface area (TPSA) is 17.1 Å². The van der Waals surface area contributed by atoms with Crippen molar-refractivity contribution in [2.45, 2.75) is 6.92 Å². The lowest BCUT2D eigenvalue weighted by molar-refractivity contribution is 0.103. The van der Waals surface area contributed by atoms with Crippen LogP contribution in [0.25, 0.3) is 10.8 Å². The van der Waals surface area contributed by atoms with E-state index in [1.165, 1.54) is 0 Å². The van der Waals surface area contributed by atoms with Crippen molar-refractivity contribution in [1.82, 2.24) is 0 Å². The zero-order valence-electron chi connectivity index (χ0n) is 11.1. The molecule has 0 saturated carbocycles. The highest BCUT2D eigenvalue weighted by Gasteiger charge is 2.15. The normalized spacial score (nSPS) is 10.7. The first-order valence-corrected chi connectivity index (χ1v) is 7.53. The van der Waals surface area contributed by atoms with Crippen LogP contribution in [0.15, 0.2) is 60.7 Å². The van der Waals surface area contributed by atoms with Crippen LogP contribution < -0.4 is 0 Å². The van der Waals surface area contributed by atoms with Crippen molar-refractivity contribution in [2.24, 2.45) is 0 Å². The van der Waals surface area contributed by atoms with Gasteiger partial charge in [-0.2, -0.15) is 0 Å². The van der Waals surface area contributed by atoms with E-state index in [4.69, 9.17) is 0 Å². The van der Waals surface area contributed by atoms with E-state index in [0.29, 0.717) is 0 Å². The predicted molar refractivity (Wildman–Crippen MR) is 91.3 cm³/mol. The number of carbonyl (C=O) groups is 1. The third kappa shape index (κ3) is 2.36. The van der Waals surface area contributed by atoms with Gasteiger partial charge in [0.25, 0.3) is 0 Å². The van der Waals surface area contributed by atoms with E-state index in [1.807, 2.05) is 61.5 Å². The summed E-state index contributed by atoms with van der Waals surface area (Å²) >= 11 is 2.23. The first-order chi connectivity index (χ1) is 9.66. The fraction of sp³-hybridized carbons (Fsp3) is 0.0556. The third-order valence-electron chi connectivity index (χ3n) is 3.45. The molecule has 98 valence electrons. The molecule has 3 aromatic carbocycles. The van der Waals surface area contributed by atoms with E-state index in [-0.39, 0.29) is 5.78 Å². The van der Waals surface area contributed by atoms with Gasteiger partial charge in [-0.05, 0) is 58.0 Å². The highest BCUT2D eigenvalue weighted by atomic mass is 127. The number of ketones is 1. The Hall–Kier alpha value is -1.68. The molecule has 0 N–H and O–H groups in total. The minimum absolute atomic E-state index is 0.0952. The second kappa shape index (κ2) is 5.37. The quantitative estimate of drug-likeness (QED) is 0.458. The van der Waals surface area contributed by atoms with Gasteiger partial charge in [-0.3, -0.25) is 4.79 Å². The largest absolute Gasteiger partial charge is 0.289 e. The first-order valence-electron chi connectivity index (χ1n) is 6.45. The van der Waals surface area contributed by atoms with Crippen LogP contribution in [0.1, 0.15) is 21.5 Å². The molecule has 0 aliphatic carbocycles. The Morgan fingerprint density at radius 1 is 0.950 bits per heavy atom. The van der Waals surface area contributed by atoms with Gasteiger partial charge < -0.3 is 0 Å². The molecule has 0 aromatic heterocycles. The molecule has 0 radical (unpaired) electrons. The summed E-state index contributed by atoms with van der Waals surface area (Å²) in [6.07, 6.45) is 0. The summed E-state index contributed by atoms with van der Waals surface area (Å²) in [5.74, 6) is 0.0952. The van der Waals surface area contributed by atoms with Gasteiger partial charge in [0.2, 0.25) is 0 Å². The lowest BCUT2D eigenvalue weighted by Gasteiger charge is -2.10. The maximum absolute atomic E-state index is 12.8. The number of carbonyl (C=O) groups excluding carboxylic acids is 1. The van der Waals surface area contributed by atoms with Gasteiger partial charge in [-0.1, -0.05) is 48.5 Å². The molecule has 3 rings (SSSR count). The second-order valence-corrected chi connectivity index (χ2v) is 6.06. The van der Waals surface area contributed by atoms with Crippen molar-refractivity contribution >= 4 is 39.1 Å². The molecule has 3 aromatic rings. The van der Waals surface area contributed by atoms with Crippen molar-refractivity contribution in [3.8, 4) is 0 Å². The summed E-state index contributed by atoms with van der Waals surface area (Å²) in [7, 11) is 0. The highest BCUT2D eigenvalue weighted by Crippen LogP contribution is 2.25. The predicted octanol–water partition coefficient (Wildman–Crippen LogP) is 4.98. The molecule has 0 saturated heterocycles. The van der Waals surface area contributed by atoms with Gasteiger partial charge in [0.05, 0.1) is 0 Å². The van der Waals surface area contributed by atoms with E-state index in [1.54, 1.807) is 0 Å². The highest BCUT2D eigenvalue weighted by molar-refractivity contribution is 14.1.